The molecule has 1 aliphatic rings. The maximum atomic E-state index is 12.3. The molecule has 2 heterocycles. The Labute approximate surface area is 223 Å². The molecule has 0 radical (unpaired) electrons. The van der Waals surface area contributed by atoms with Crippen LogP contribution in [0.25, 0.3) is 5.57 Å². The van der Waals surface area contributed by atoms with Crippen molar-refractivity contribution >= 4 is 23.5 Å². The molecule has 1 aromatic rings. The van der Waals surface area contributed by atoms with Crippen molar-refractivity contribution in [3.05, 3.63) is 11.8 Å². The maximum absolute atomic E-state index is 12.3. The van der Waals surface area contributed by atoms with Gasteiger partial charge in [0.15, 0.2) is 0 Å². The summed E-state index contributed by atoms with van der Waals surface area (Å²) in [5.41, 5.74) is 1.94. The summed E-state index contributed by atoms with van der Waals surface area (Å²) in [5, 5.41) is 0. The van der Waals surface area contributed by atoms with Crippen LogP contribution in [0.15, 0.2) is 6.08 Å². The van der Waals surface area contributed by atoms with Gasteiger partial charge in [0.2, 0.25) is 6.23 Å². The van der Waals surface area contributed by atoms with Crippen LogP contribution in [0.5, 0.6) is 5.88 Å². The maximum Gasteiger partial charge on any atom is 0.512 e. The van der Waals surface area contributed by atoms with Gasteiger partial charge in [0.25, 0.3) is 5.88 Å². The van der Waals surface area contributed by atoms with Gasteiger partial charge >= 0.3 is 6.16 Å². The molecular formula is C28H50N3O4S+. The van der Waals surface area contributed by atoms with E-state index in [-0.39, 0.29) is 6.23 Å². The number of carbonyl (C=O) groups excluding carboxylic acids is 1. The van der Waals surface area contributed by atoms with Gasteiger partial charge in [-0.05, 0) is 12.8 Å². The first-order valence-electron chi connectivity index (χ1n) is 14.3. The molecule has 7 nitrogen and oxygen atoms in total. The first-order chi connectivity index (χ1) is 17.5. The van der Waals surface area contributed by atoms with Gasteiger partial charge in [0.1, 0.15) is 12.2 Å². The Kier molecular flexibility index (Phi) is 15.0. The smallest absolute Gasteiger partial charge is 0.475 e. The van der Waals surface area contributed by atoms with E-state index >= 15 is 0 Å². The molecule has 0 spiro atoms. The Bertz CT molecular complexity index is 770. The lowest BCUT2D eigenvalue weighted by atomic mass is 10.0. The second-order valence-corrected chi connectivity index (χ2v) is 10.9. The molecule has 2 atom stereocenters. The fourth-order valence-corrected chi connectivity index (χ4v) is 5.12. The normalized spacial score (nSPS) is 18.5. The number of nitrogens with zero attached hydrogens (tertiary/aromatic N) is 3. The zero-order valence-corrected chi connectivity index (χ0v) is 24.1. The summed E-state index contributed by atoms with van der Waals surface area (Å²) in [5.74, 6) is 0.630. The van der Waals surface area contributed by atoms with E-state index in [1.54, 1.807) is 0 Å². The summed E-state index contributed by atoms with van der Waals surface area (Å²) in [4.78, 5) is 12.3. The van der Waals surface area contributed by atoms with Crippen molar-refractivity contribution in [2.45, 2.75) is 117 Å². The van der Waals surface area contributed by atoms with Gasteiger partial charge in [0, 0.05) is 18.9 Å². The molecule has 8 heteroatoms. The third-order valence-electron chi connectivity index (χ3n) is 7.17. The van der Waals surface area contributed by atoms with E-state index in [2.05, 4.69) is 35.7 Å². The lowest BCUT2D eigenvalue weighted by Crippen LogP contribution is -2.55. The van der Waals surface area contributed by atoms with Crippen LogP contribution < -0.4 is 4.74 Å². The Morgan fingerprint density at radius 3 is 2.25 bits per heavy atom. The van der Waals surface area contributed by atoms with Crippen molar-refractivity contribution in [2.75, 3.05) is 33.4 Å². The molecule has 0 amide bonds. The molecule has 1 aliphatic heterocycles. The number of unbranched alkanes of at least 4 members (excludes halogenated alkanes) is 11. The standard InChI is InChI=1S/C28H50N3O4S/c1-5-7-9-11-12-13-14-15-17-22-34-28(32)35-24(3)31(4)20-18-19-25(23-31)26-27(30-36-29-26)33-21-16-10-8-6-2/h19,24H,5-18,20-23H2,1-4H3/q+1. The molecule has 0 bridgehead atoms. The summed E-state index contributed by atoms with van der Waals surface area (Å²) < 4.78 is 26.5. The molecule has 0 N–H and O–H groups in total. The Hall–Kier alpha value is -1.67. The summed E-state index contributed by atoms with van der Waals surface area (Å²) in [6.45, 7) is 9.10. The van der Waals surface area contributed by atoms with Gasteiger partial charge < -0.3 is 14.2 Å². The van der Waals surface area contributed by atoms with Gasteiger partial charge in [-0.25, -0.2) is 4.79 Å². The van der Waals surface area contributed by atoms with Crippen molar-refractivity contribution in [1.29, 1.82) is 0 Å². The van der Waals surface area contributed by atoms with Gasteiger partial charge in [-0.3, -0.25) is 4.48 Å². The minimum Gasteiger partial charge on any atom is -0.475 e. The van der Waals surface area contributed by atoms with Crippen LogP contribution in [0.1, 0.15) is 116 Å². The van der Waals surface area contributed by atoms with Crippen LogP contribution in [0.4, 0.5) is 4.79 Å². The zero-order valence-electron chi connectivity index (χ0n) is 23.3. The summed E-state index contributed by atoms with van der Waals surface area (Å²) in [6, 6.07) is 0. The highest BCUT2D eigenvalue weighted by molar-refractivity contribution is 6.99. The number of rotatable bonds is 19. The first-order valence-corrected chi connectivity index (χ1v) is 15.1. The number of aromatic nitrogens is 2. The van der Waals surface area contributed by atoms with Gasteiger partial charge in [0.05, 0.1) is 38.5 Å². The number of likely N-dealkylation sites (N-methyl/N-ethyl adjacent to an activating group) is 1. The average Bonchev–Trinajstić information content (AvgIpc) is 3.33. The van der Waals surface area contributed by atoms with Crippen molar-refractivity contribution in [2.24, 2.45) is 0 Å². The molecule has 2 unspecified atom stereocenters. The minimum atomic E-state index is -0.566. The number of ether oxygens (including phenoxy) is 3. The monoisotopic (exact) mass is 524 g/mol. The largest absolute Gasteiger partial charge is 0.512 e. The summed E-state index contributed by atoms with van der Waals surface area (Å²) in [6.07, 6.45) is 18.0. The van der Waals surface area contributed by atoms with E-state index in [9.17, 15) is 4.79 Å². The van der Waals surface area contributed by atoms with Crippen LogP contribution >= 0.6 is 11.7 Å². The van der Waals surface area contributed by atoms with E-state index in [4.69, 9.17) is 14.2 Å². The predicted octanol–water partition coefficient (Wildman–Crippen LogP) is 7.76. The van der Waals surface area contributed by atoms with E-state index < -0.39 is 6.16 Å². The van der Waals surface area contributed by atoms with E-state index in [0.29, 0.717) is 30.1 Å². The molecule has 1 aromatic heterocycles. The Morgan fingerprint density at radius 1 is 0.944 bits per heavy atom. The second-order valence-electron chi connectivity index (χ2n) is 10.4. The fourth-order valence-electron chi connectivity index (χ4n) is 4.59. The molecule has 0 saturated heterocycles. The summed E-state index contributed by atoms with van der Waals surface area (Å²) in [7, 11) is 2.12. The topological polar surface area (TPSA) is 70.5 Å². The van der Waals surface area contributed by atoms with E-state index in [1.807, 2.05) is 6.92 Å². The van der Waals surface area contributed by atoms with Gasteiger partial charge in [-0.15, -0.1) is 4.37 Å². The van der Waals surface area contributed by atoms with Gasteiger partial charge in [-0.1, -0.05) is 90.6 Å². The molecule has 206 valence electrons. The van der Waals surface area contributed by atoms with Crippen LogP contribution in [0.3, 0.4) is 0 Å². The molecule has 2 rings (SSSR count). The molecule has 0 saturated carbocycles. The fraction of sp³-hybridized carbons (Fsp3) is 0.821. The highest BCUT2D eigenvalue weighted by Crippen LogP contribution is 2.31. The van der Waals surface area contributed by atoms with Crippen molar-refractivity contribution in [3.8, 4) is 5.88 Å². The van der Waals surface area contributed by atoms with Crippen LogP contribution in [-0.2, 0) is 9.47 Å². The lowest BCUT2D eigenvalue weighted by Gasteiger charge is -2.41. The third-order valence-corrected chi connectivity index (χ3v) is 7.69. The predicted molar refractivity (Wildman–Crippen MR) is 147 cm³/mol. The average molecular weight is 525 g/mol. The minimum absolute atomic E-state index is 0.311. The zero-order chi connectivity index (χ0) is 26.1. The van der Waals surface area contributed by atoms with E-state index in [1.165, 1.54) is 75.9 Å². The van der Waals surface area contributed by atoms with Gasteiger partial charge in [-0.2, -0.15) is 4.37 Å². The third kappa shape index (κ3) is 11.2. The van der Waals surface area contributed by atoms with Crippen molar-refractivity contribution < 1.29 is 23.5 Å². The summed E-state index contributed by atoms with van der Waals surface area (Å²) >= 11 is 1.19. The molecular weight excluding hydrogens is 474 g/mol. The number of hydrogen-bond donors (Lipinski definition) is 0. The lowest BCUT2D eigenvalue weighted by molar-refractivity contribution is -0.944. The van der Waals surface area contributed by atoms with Crippen LogP contribution in [-0.4, -0.2) is 59.0 Å². The quantitative estimate of drug-likeness (QED) is 0.105. The number of hydrogen-bond acceptors (Lipinski definition) is 7. The SMILES string of the molecule is CCCCCCCCCCCOC(=O)OC(C)[N+]1(C)CCC=C(c2nsnc2OCCCCCC)C1. The van der Waals surface area contributed by atoms with Crippen molar-refractivity contribution in [3.63, 3.8) is 0 Å². The second kappa shape index (κ2) is 17.7. The van der Waals surface area contributed by atoms with Crippen LogP contribution in [0.2, 0.25) is 0 Å². The van der Waals surface area contributed by atoms with Crippen LogP contribution in [0, 0.1) is 0 Å². The molecule has 0 aromatic carbocycles. The molecule has 0 fully saturated rings. The Morgan fingerprint density at radius 2 is 1.56 bits per heavy atom. The first kappa shape index (κ1) is 30.6. The van der Waals surface area contributed by atoms with E-state index in [0.717, 1.165) is 43.5 Å². The highest BCUT2D eigenvalue weighted by Gasteiger charge is 2.37. The van der Waals surface area contributed by atoms with Crippen molar-refractivity contribution in [1.82, 2.24) is 8.75 Å². The molecule has 0 aliphatic carbocycles. The number of quaternary nitrogens is 1. The Balaban J connectivity index is 1.70. The highest BCUT2D eigenvalue weighted by atomic mass is 32.1. The number of carbonyl (C=O) groups is 1. The molecule has 36 heavy (non-hydrogen) atoms.